The second kappa shape index (κ2) is 9.50. The monoisotopic (exact) mass is 491 g/mol. The molecule has 5 rings (SSSR count). The van der Waals surface area contributed by atoms with Crippen LogP contribution < -0.4 is 10.6 Å². The predicted octanol–water partition coefficient (Wildman–Crippen LogP) is 3.96. The van der Waals surface area contributed by atoms with Crippen LogP contribution in [0.25, 0.3) is 11.1 Å². The first-order valence-electron chi connectivity index (χ1n) is 11.5. The van der Waals surface area contributed by atoms with Crippen molar-refractivity contribution in [3.8, 4) is 11.1 Å². The first-order chi connectivity index (χ1) is 16.9. The normalized spacial score (nSPS) is 15.1. The summed E-state index contributed by atoms with van der Waals surface area (Å²) in [7, 11) is 0. The van der Waals surface area contributed by atoms with Gasteiger partial charge < -0.3 is 20.5 Å². The number of carboxylic acid groups (broad SMARTS) is 1. The number of carbonyl (C=O) groups excluding carboxylic acids is 2. The van der Waals surface area contributed by atoms with Gasteiger partial charge in [0.2, 0.25) is 5.91 Å². The van der Waals surface area contributed by atoms with E-state index in [-0.39, 0.29) is 30.5 Å². The minimum Gasteiger partial charge on any atom is -0.476 e. The van der Waals surface area contributed by atoms with E-state index in [1.165, 1.54) is 27.8 Å². The van der Waals surface area contributed by atoms with Crippen LogP contribution in [0.2, 0.25) is 0 Å². The Morgan fingerprint density at radius 3 is 2.31 bits per heavy atom. The molecule has 2 aliphatic rings. The van der Waals surface area contributed by atoms with Gasteiger partial charge in [0.05, 0.1) is 10.5 Å². The number of rotatable bonds is 9. The lowest BCUT2D eigenvalue weighted by atomic mass is 9.98. The molecule has 0 spiro atoms. The van der Waals surface area contributed by atoms with Crippen molar-refractivity contribution < 1.29 is 24.2 Å². The Labute approximate surface area is 206 Å². The smallest absolute Gasteiger partial charge is 0.407 e. The Bertz CT molecular complexity index is 1240. The summed E-state index contributed by atoms with van der Waals surface area (Å²) in [4.78, 5) is 39.9. The summed E-state index contributed by atoms with van der Waals surface area (Å²) in [6, 6.07) is 16.3. The van der Waals surface area contributed by atoms with Crippen molar-refractivity contribution in [1.29, 1.82) is 0 Å². The molecule has 2 aliphatic carbocycles. The second-order valence-electron chi connectivity index (χ2n) is 8.94. The van der Waals surface area contributed by atoms with E-state index in [1.54, 1.807) is 0 Å². The largest absolute Gasteiger partial charge is 0.476 e. The van der Waals surface area contributed by atoms with E-state index in [2.05, 4.69) is 39.9 Å². The van der Waals surface area contributed by atoms with E-state index in [1.807, 2.05) is 24.3 Å². The summed E-state index contributed by atoms with van der Waals surface area (Å²) in [5.74, 6) is -1.25. The lowest BCUT2D eigenvalue weighted by Gasteiger charge is -2.19. The Kier molecular flexibility index (Phi) is 6.25. The molecular weight excluding hydrogens is 466 g/mol. The third kappa shape index (κ3) is 5.05. The zero-order chi connectivity index (χ0) is 24.4. The maximum atomic E-state index is 12.6. The van der Waals surface area contributed by atoms with Gasteiger partial charge in [-0.05, 0) is 35.1 Å². The number of carbonyl (C=O) groups is 3. The number of amides is 2. The maximum absolute atomic E-state index is 12.6. The van der Waals surface area contributed by atoms with Crippen molar-refractivity contribution >= 4 is 29.3 Å². The number of alkyl carbamates (subject to hydrolysis) is 1. The zero-order valence-electron chi connectivity index (χ0n) is 19.0. The molecule has 35 heavy (non-hydrogen) atoms. The van der Waals surface area contributed by atoms with Crippen molar-refractivity contribution in [2.75, 3.05) is 13.2 Å². The molecule has 9 heteroatoms. The first-order valence-corrected chi connectivity index (χ1v) is 12.4. The van der Waals surface area contributed by atoms with Gasteiger partial charge in [0.1, 0.15) is 6.61 Å². The van der Waals surface area contributed by atoms with Crippen LogP contribution in [0.15, 0.2) is 53.9 Å². The second-order valence-corrected chi connectivity index (χ2v) is 9.88. The lowest BCUT2D eigenvalue weighted by molar-refractivity contribution is -0.121. The molecule has 0 unspecified atom stereocenters. The summed E-state index contributed by atoms with van der Waals surface area (Å²) in [6.45, 7) is 0.584. The van der Waals surface area contributed by atoms with Crippen LogP contribution in [0, 0.1) is 0 Å². The van der Waals surface area contributed by atoms with Crippen LogP contribution >= 0.6 is 11.3 Å². The molecule has 1 saturated carbocycles. The fourth-order valence-electron chi connectivity index (χ4n) is 4.55. The summed E-state index contributed by atoms with van der Waals surface area (Å²) in [5.41, 5.74) is 4.09. The summed E-state index contributed by atoms with van der Waals surface area (Å²) in [6.07, 6.45) is 1.56. The van der Waals surface area contributed by atoms with Gasteiger partial charge in [-0.15, -0.1) is 11.3 Å². The van der Waals surface area contributed by atoms with Crippen LogP contribution in [0.1, 0.15) is 51.8 Å². The van der Waals surface area contributed by atoms with Crippen LogP contribution in [0.4, 0.5) is 4.79 Å². The van der Waals surface area contributed by atoms with Crippen LogP contribution in [-0.2, 0) is 16.0 Å². The van der Waals surface area contributed by atoms with E-state index < -0.39 is 17.6 Å². The molecule has 180 valence electrons. The molecule has 2 amide bonds. The summed E-state index contributed by atoms with van der Waals surface area (Å²) in [5, 5.41) is 16.8. The molecule has 1 fully saturated rings. The summed E-state index contributed by atoms with van der Waals surface area (Å²) >= 11 is 1.25. The number of fused-ring (bicyclic) bond motifs is 3. The molecular formula is C26H25N3O5S. The average molecular weight is 492 g/mol. The Hall–Kier alpha value is -3.72. The average Bonchev–Trinajstić information content (AvgIpc) is 3.28. The number of aromatic carboxylic acids is 1. The number of nitrogens with one attached hydrogen (secondary N) is 2. The molecule has 0 bridgehead atoms. The maximum Gasteiger partial charge on any atom is 0.407 e. The third-order valence-electron chi connectivity index (χ3n) is 6.50. The fraction of sp³-hybridized carbons (Fsp3) is 0.308. The number of nitrogens with zero attached hydrogens (tertiary/aromatic N) is 1. The number of ether oxygens (including phenoxy) is 1. The van der Waals surface area contributed by atoms with Gasteiger partial charge in [-0.3, -0.25) is 4.79 Å². The van der Waals surface area contributed by atoms with Crippen molar-refractivity contribution in [1.82, 2.24) is 15.6 Å². The van der Waals surface area contributed by atoms with Crippen molar-refractivity contribution in [2.45, 2.75) is 37.1 Å². The standard InChI is InChI=1S/C26H25N3O5S/c30-22(27-12-9-23-28-21(15-35-23)24(31)32)13-26(10-11-26)29-25(33)34-14-20-18-7-3-1-5-16(18)17-6-2-4-8-19(17)20/h1-8,15,20H,9-14H2,(H,27,30)(H,29,33)(H,31,32). The molecule has 3 aromatic rings. The van der Waals surface area contributed by atoms with Crippen LogP contribution in [-0.4, -0.2) is 46.8 Å². The Morgan fingerprint density at radius 1 is 1.06 bits per heavy atom. The minimum absolute atomic E-state index is 0.0144. The number of thiazole rings is 1. The molecule has 1 heterocycles. The van der Waals surface area contributed by atoms with Crippen LogP contribution in [0.3, 0.4) is 0 Å². The van der Waals surface area contributed by atoms with E-state index >= 15 is 0 Å². The van der Waals surface area contributed by atoms with Crippen molar-refractivity contribution in [2.24, 2.45) is 0 Å². The van der Waals surface area contributed by atoms with Crippen molar-refractivity contribution in [3.05, 3.63) is 75.7 Å². The predicted molar refractivity (Wildman–Crippen MR) is 131 cm³/mol. The number of hydrogen-bond acceptors (Lipinski definition) is 6. The number of carboxylic acids is 1. The molecule has 0 aliphatic heterocycles. The van der Waals surface area contributed by atoms with Crippen molar-refractivity contribution in [3.63, 3.8) is 0 Å². The molecule has 8 nitrogen and oxygen atoms in total. The minimum atomic E-state index is -1.06. The molecule has 0 saturated heterocycles. The van der Waals surface area contributed by atoms with Gasteiger partial charge in [0.25, 0.3) is 0 Å². The topological polar surface area (TPSA) is 118 Å². The lowest BCUT2D eigenvalue weighted by Crippen LogP contribution is -2.42. The van der Waals surface area contributed by atoms with Gasteiger partial charge in [0.15, 0.2) is 5.69 Å². The third-order valence-corrected chi connectivity index (χ3v) is 7.40. The molecule has 1 aromatic heterocycles. The zero-order valence-corrected chi connectivity index (χ0v) is 19.8. The highest BCUT2D eigenvalue weighted by atomic mass is 32.1. The SMILES string of the molecule is O=C(CC1(NC(=O)OCC2c3ccccc3-c3ccccc32)CC1)NCCc1nc(C(=O)O)cs1. The van der Waals surface area contributed by atoms with Gasteiger partial charge in [-0.1, -0.05) is 48.5 Å². The highest BCUT2D eigenvalue weighted by Crippen LogP contribution is 2.44. The van der Waals surface area contributed by atoms with E-state index in [0.29, 0.717) is 18.0 Å². The van der Waals surface area contributed by atoms with E-state index in [9.17, 15) is 14.4 Å². The molecule has 0 radical (unpaired) electrons. The van der Waals surface area contributed by atoms with Gasteiger partial charge >= 0.3 is 12.1 Å². The Morgan fingerprint density at radius 2 is 1.71 bits per heavy atom. The number of hydrogen-bond donors (Lipinski definition) is 3. The van der Waals surface area contributed by atoms with Gasteiger partial charge in [-0.25, -0.2) is 14.6 Å². The summed E-state index contributed by atoms with van der Waals surface area (Å²) < 4.78 is 5.62. The van der Waals surface area contributed by atoms with Crippen LogP contribution in [0.5, 0.6) is 0 Å². The first kappa shape index (κ1) is 23.0. The number of benzene rings is 2. The molecule has 3 N–H and O–H groups in total. The van der Waals surface area contributed by atoms with Gasteiger partial charge in [-0.2, -0.15) is 0 Å². The highest BCUT2D eigenvalue weighted by Gasteiger charge is 2.46. The Balaban J connectivity index is 1.10. The molecule has 0 atom stereocenters. The highest BCUT2D eigenvalue weighted by molar-refractivity contribution is 7.09. The van der Waals surface area contributed by atoms with E-state index in [0.717, 1.165) is 24.0 Å². The number of aromatic nitrogens is 1. The van der Waals surface area contributed by atoms with Gasteiger partial charge in [0, 0.05) is 30.7 Å². The molecule has 2 aromatic carbocycles. The fourth-order valence-corrected chi connectivity index (χ4v) is 5.32. The van der Waals surface area contributed by atoms with E-state index in [4.69, 9.17) is 9.84 Å². The quantitative estimate of drug-likeness (QED) is 0.417.